The molecule has 2 fully saturated rings. The number of carbonyl (C=O) groups is 2. The quantitative estimate of drug-likeness (QED) is 0.436. The van der Waals surface area contributed by atoms with Crippen molar-refractivity contribution in [3.63, 3.8) is 0 Å². The molecule has 2 aliphatic heterocycles. The summed E-state index contributed by atoms with van der Waals surface area (Å²) in [6, 6.07) is 9.52. The Balaban J connectivity index is 1.35. The van der Waals surface area contributed by atoms with Crippen LogP contribution in [0.5, 0.6) is 11.5 Å². The molecule has 2 aromatic rings. The van der Waals surface area contributed by atoms with Crippen LogP contribution < -0.4 is 15.0 Å². The van der Waals surface area contributed by atoms with Gasteiger partial charge in [-0.1, -0.05) is 23.2 Å². The van der Waals surface area contributed by atoms with Crippen molar-refractivity contribution in [2.24, 2.45) is 0 Å². The molecule has 4 rings (SSSR count). The zero-order chi connectivity index (χ0) is 25.1. The molecule has 2 heterocycles. The number of aliphatic hydroxyl groups is 1. The van der Waals surface area contributed by atoms with Crippen LogP contribution in [0.25, 0.3) is 0 Å². The van der Waals surface area contributed by atoms with Gasteiger partial charge in [0.15, 0.2) is 6.61 Å². The van der Waals surface area contributed by atoms with Gasteiger partial charge in [-0.05, 0) is 37.1 Å². The number of carbonyl (C=O) groups excluding carboxylic acids is 1. The highest BCUT2D eigenvalue weighted by molar-refractivity contribution is 6.32. The number of β-amino-alcohol motifs (C(OH)–C–C–N with tert-alkyl or cyclic N) is 1. The first-order valence-electron chi connectivity index (χ1n) is 11.3. The molecule has 9 nitrogen and oxygen atoms in total. The number of carboxylic acids is 1. The standard InChI is InChI=1S/C24H27Cl2N3O6/c25-15-3-1-14(2-4-15)24(34)28-7-5-16(6-8-28)27-18-11-29(12-21(18)31)19-10-20(30)17(26)9-22(19)35-13-23(32)33/h1-4,9-10,16,18,21,27,30-31H,5-8,11-13H2,(H,32,33)/t18?,21-/m1/s1. The number of benzene rings is 2. The summed E-state index contributed by atoms with van der Waals surface area (Å²) >= 11 is 11.9. The minimum absolute atomic E-state index is 0.0244. The third kappa shape index (κ3) is 6.10. The Kier molecular flexibility index (Phi) is 7.91. The Hall–Kier alpha value is -2.72. The first-order valence-corrected chi connectivity index (χ1v) is 12.1. The van der Waals surface area contributed by atoms with Crippen molar-refractivity contribution < 1.29 is 29.6 Å². The van der Waals surface area contributed by atoms with E-state index in [2.05, 4.69) is 5.32 Å². The monoisotopic (exact) mass is 523 g/mol. The number of nitrogens with one attached hydrogen (secondary N) is 1. The number of anilines is 1. The number of piperidine rings is 1. The smallest absolute Gasteiger partial charge is 0.341 e. The number of aliphatic hydroxyl groups excluding tert-OH is 1. The minimum atomic E-state index is -1.14. The zero-order valence-electron chi connectivity index (χ0n) is 18.9. The zero-order valence-corrected chi connectivity index (χ0v) is 20.4. The Morgan fingerprint density at radius 1 is 1.09 bits per heavy atom. The third-order valence-electron chi connectivity index (χ3n) is 6.33. The summed E-state index contributed by atoms with van der Waals surface area (Å²) in [5, 5.41) is 33.8. The topological polar surface area (TPSA) is 123 Å². The maximum absolute atomic E-state index is 12.7. The Morgan fingerprint density at radius 3 is 2.43 bits per heavy atom. The van der Waals surface area contributed by atoms with Gasteiger partial charge in [0.2, 0.25) is 0 Å². The average molecular weight is 524 g/mol. The van der Waals surface area contributed by atoms with Crippen LogP contribution in [0.3, 0.4) is 0 Å². The summed E-state index contributed by atoms with van der Waals surface area (Å²) in [4.78, 5) is 27.3. The molecule has 0 spiro atoms. The van der Waals surface area contributed by atoms with Crippen molar-refractivity contribution in [1.29, 1.82) is 0 Å². The van der Waals surface area contributed by atoms with Gasteiger partial charge >= 0.3 is 5.97 Å². The molecule has 188 valence electrons. The lowest BCUT2D eigenvalue weighted by Gasteiger charge is -2.34. The van der Waals surface area contributed by atoms with E-state index in [1.807, 2.05) is 9.80 Å². The number of hydrogen-bond acceptors (Lipinski definition) is 7. The molecular formula is C24H27Cl2N3O6. The average Bonchev–Trinajstić information content (AvgIpc) is 3.19. The van der Waals surface area contributed by atoms with Gasteiger partial charge in [-0.25, -0.2) is 4.79 Å². The maximum atomic E-state index is 12.7. The number of amides is 1. The lowest BCUT2D eigenvalue weighted by molar-refractivity contribution is -0.139. The fourth-order valence-corrected chi connectivity index (χ4v) is 4.79. The number of ether oxygens (including phenoxy) is 1. The van der Waals surface area contributed by atoms with E-state index in [0.29, 0.717) is 35.9 Å². The van der Waals surface area contributed by atoms with E-state index >= 15 is 0 Å². The molecular weight excluding hydrogens is 497 g/mol. The van der Waals surface area contributed by atoms with Gasteiger partial charge in [-0.2, -0.15) is 0 Å². The fraction of sp³-hybridized carbons (Fsp3) is 0.417. The van der Waals surface area contributed by atoms with Crippen LogP contribution >= 0.6 is 23.2 Å². The molecule has 2 aromatic carbocycles. The summed E-state index contributed by atoms with van der Waals surface area (Å²) in [6.45, 7) is 1.35. The van der Waals surface area contributed by atoms with E-state index in [-0.39, 0.29) is 41.1 Å². The van der Waals surface area contributed by atoms with Gasteiger partial charge in [-0.15, -0.1) is 0 Å². The van der Waals surface area contributed by atoms with E-state index in [1.165, 1.54) is 12.1 Å². The number of nitrogens with zero attached hydrogens (tertiary/aromatic N) is 2. The number of halogens is 2. The Bertz CT molecular complexity index is 1080. The maximum Gasteiger partial charge on any atom is 0.341 e. The number of likely N-dealkylation sites (tertiary alicyclic amines) is 1. The second kappa shape index (κ2) is 10.9. The van der Waals surface area contributed by atoms with Crippen molar-refractivity contribution in [3.8, 4) is 11.5 Å². The van der Waals surface area contributed by atoms with Crippen molar-refractivity contribution in [3.05, 3.63) is 52.0 Å². The summed E-state index contributed by atoms with van der Waals surface area (Å²) in [7, 11) is 0. The van der Waals surface area contributed by atoms with Crippen molar-refractivity contribution in [2.75, 3.05) is 37.7 Å². The number of aromatic hydroxyl groups is 1. The molecule has 0 radical (unpaired) electrons. The van der Waals surface area contributed by atoms with E-state index < -0.39 is 18.7 Å². The number of phenols is 1. The van der Waals surface area contributed by atoms with Crippen molar-refractivity contribution in [2.45, 2.75) is 31.0 Å². The molecule has 2 saturated heterocycles. The highest BCUT2D eigenvalue weighted by Gasteiger charge is 2.35. The van der Waals surface area contributed by atoms with E-state index in [9.17, 15) is 19.8 Å². The second-order valence-corrected chi connectivity index (χ2v) is 9.62. The number of carboxylic acid groups (broad SMARTS) is 1. The molecule has 0 aromatic heterocycles. The van der Waals surface area contributed by atoms with Crippen LogP contribution in [0.15, 0.2) is 36.4 Å². The number of rotatable bonds is 7. The normalized spacial score (nSPS) is 20.8. The van der Waals surface area contributed by atoms with Gasteiger partial charge < -0.3 is 35.2 Å². The summed E-state index contributed by atoms with van der Waals surface area (Å²) in [5.41, 5.74) is 1.06. The van der Waals surface area contributed by atoms with Crippen LogP contribution in [-0.2, 0) is 4.79 Å². The number of hydrogen-bond donors (Lipinski definition) is 4. The Labute approximate surface area is 212 Å². The molecule has 11 heteroatoms. The van der Waals surface area contributed by atoms with Crippen LogP contribution in [-0.4, -0.2) is 83.1 Å². The largest absolute Gasteiger partial charge is 0.506 e. The predicted octanol–water partition coefficient (Wildman–Crippen LogP) is 2.61. The number of phenolic OH excluding ortho intramolecular Hbond substituents is 1. The van der Waals surface area contributed by atoms with E-state index in [0.717, 1.165) is 12.8 Å². The van der Waals surface area contributed by atoms with Gasteiger partial charge in [0.25, 0.3) is 5.91 Å². The molecule has 0 bridgehead atoms. The SMILES string of the molecule is O=C(O)COc1cc(Cl)c(O)cc1N1CC(NC2CCN(C(=O)c3ccc(Cl)cc3)CC2)[C@H](O)C1. The lowest BCUT2D eigenvalue weighted by atomic mass is 10.0. The predicted molar refractivity (Wildman–Crippen MR) is 132 cm³/mol. The summed E-state index contributed by atoms with van der Waals surface area (Å²) in [6.07, 6.45) is 0.808. The second-order valence-electron chi connectivity index (χ2n) is 8.77. The summed E-state index contributed by atoms with van der Waals surface area (Å²) < 4.78 is 5.36. The molecule has 2 atom stereocenters. The first kappa shape index (κ1) is 25.4. The van der Waals surface area contributed by atoms with Crippen LogP contribution in [0.2, 0.25) is 10.0 Å². The van der Waals surface area contributed by atoms with Gasteiger partial charge in [0.1, 0.15) is 11.5 Å². The number of aliphatic carboxylic acids is 1. The van der Waals surface area contributed by atoms with Crippen molar-refractivity contribution >= 4 is 40.8 Å². The van der Waals surface area contributed by atoms with Crippen LogP contribution in [0.4, 0.5) is 5.69 Å². The molecule has 4 N–H and O–H groups in total. The van der Waals surface area contributed by atoms with Crippen LogP contribution in [0, 0.1) is 0 Å². The fourth-order valence-electron chi connectivity index (χ4n) is 4.51. The Morgan fingerprint density at radius 2 is 1.77 bits per heavy atom. The van der Waals surface area contributed by atoms with E-state index in [1.54, 1.807) is 24.3 Å². The van der Waals surface area contributed by atoms with Gasteiger partial charge in [-0.3, -0.25) is 4.79 Å². The van der Waals surface area contributed by atoms with Gasteiger partial charge in [0, 0.05) is 54.9 Å². The highest BCUT2D eigenvalue weighted by Crippen LogP contribution is 2.39. The van der Waals surface area contributed by atoms with E-state index in [4.69, 9.17) is 33.0 Å². The van der Waals surface area contributed by atoms with Crippen LogP contribution in [0.1, 0.15) is 23.2 Å². The summed E-state index contributed by atoms with van der Waals surface area (Å²) in [5.74, 6) is -1.10. The molecule has 1 unspecified atom stereocenters. The first-order chi connectivity index (χ1) is 16.7. The highest BCUT2D eigenvalue weighted by atomic mass is 35.5. The molecule has 2 aliphatic rings. The molecule has 1 amide bonds. The third-order valence-corrected chi connectivity index (χ3v) is 6.89. The lowest BCUT2D eigenvalue weighted by Crippen LogP contribution is -2.50. The molecule has 0 saturated carbocycles. The van der Waals surface area contributed by atoms with Gasteiger partial charge in [0.05, 0.1) is 22.9 Å². The van der Waals surface area contributed by atoms with Crippen molar-refractivity contribution in [1.82, 2.24) is 10.2 Å². The molecule has 0 aliphatic carbocycles. The minimum Gasteiger partial charge on any atom is -0.506 e. The molecule has 35 heavy (non-hydrogen) atoms.